The van der Waals surface area contributed by atoms with Crippen molar-refractivity contribution >= 4 is 51.4 Å². The summed E-state index contributed by atoms with van der Waals surface area (Å²) in [6, 6.07) is 9.74. The lowest BCUT2D eigenvalue weighted by atomic mass is 9.98. The highest BCUT2D eigenvalue weighted by Gasteiger charge is 2.34. The number of amides is 4. The van der Waals surface area contributed by atoms with Crippen LogP contribution >= 0.6 is 0 Å². The van der Waals surface area contributed by atoms with Gasteiger partial charge in [0, 0.05) is 47.0 Å². The lowest BCUT2D eigenvalue weighted by molar-refractivity contribution is -0.142. The van der Waals surface area contributed by atoms with E-state index in [4.69, 9.17) is 5.73 Å². The molecule has 274 valence electrons. The van der Waals surface area contributed by atoms with E-state index in [1.807, 2.05) is 76.2 Å². The van der Waals surface area contributed by atoms with Gasteiger partial charge in [-0.3, -0.25) is 19.2 Å². The number of carboxylic acid groups (broad SMARTS) is 1. The van der Waals surface area contributed by atoms with Crippen LogP contribution in [0.3, 0.4) is 0 Å². The van der Waals surface area contributed by atoms with Gasteiger partial charge in [-0.1, -0.05) is 77.9 Å². The lowest BCUT2D eigenvalue weighted by Crippen LogP contribution is -2.60. The molecule has 0 unspecified atom stereocenters. The highest BCUT2D eigenvalue weighted by Crippen LogP contribution is 2.21. The fraction of sp³-hybridized carbons (Fsp3) is 0.447. The molecule has 4 rings (SSSR count). The molecule has 0 bridgehead atoms. The Morgan fingerprint density at radius 1 is 0.627 bits per heavy atom. The average Bonchev–Trinajstić information content (AvgIpc) is 3.69. The van der Waals surface area contributed by atoms with Crippen LogP contribution in [0.25, 0.3) is 21.8 Å². The largest absolute Gasteiger partial charge is 0.480 e. The first-order valence-electron chi connectivity index (χ1n) is 17.5. The number of hydrogen-bond donors (Lipinski definition) is 8. The number of H-pyrrole nitrogens is 2. The summed E-state index contributed by atoms with van der Waals surface area (Å²) in [5.41, 5.74) is 9.37. The van der Waals surface area contributed by atoms with Crippen LogP contribution in [0.5, 0.6) is 0 Å². The van der Waals surface area contributed by atoms with E-state index in [0.29, 0.717) is 0 Å². The van der Waals surface area contributed by atoms with Crippen molar-refractivity contribution in [1.29, 1.82) is 0 Å². The molecule has 0 radical (unpaired) electrons. The maximum atomic E-state index is 13.9. The van der Waals surface area contributed by atoms with Crippen molar-refractivity contribution in [3.8, 4) is 0 Å². The molecule has 0 aliphatic heterocycles. The third-order valence-corrected chi connectivity index (χ3v) is 9.05. The van der Waals surface area contributed by atoms with Crippen molar-refractivity contribution in [2.75, 3.05) is 0 Å². The van der Waals surface area contributed by atoms with Gasteiger partial charge in [-0.25, -0.2) is 4.79 Å². The zero-order valence-corrected chi connectivity index (χ0v) is 30.1. The number of hydrogen-bond acceptors (Lipinski definition) is 6. The molecular weight excluding hydrogens is 650 g/mol. The molecule has 5 atom stereocenters. The average molecular weight is 702 g/mol. The molecule has 0 aliphatic rings. The van der Waals surface area contributed by atoms with Gasteiger partial charge < -0.3 is 42.1 Å². The van der Waals surface area contributed by atoms with Crippen molar-refractivity contribution in [2.45, 2.75) is 91.0 Å². The van der Waals surface area contributed by atoms with Crippen LogP contribution in [-0.4, -0.2) is 74.9 Å². The second kappa shape index (κ2) is 17.2. The number of carbonyl (C=O) groups excluding carboxylic acids is 4. The molecular formula is C38H51N7O6. The van der Waals surface area contributed by atoms with E-state index < -0.39 is 65.7 Å². The molecule has 0 fully saturated rings. The fourth-order valence-electron chi connectivity index (χ4n) is 6.05. The van der Waals surface area contributed by atoms with Gasteiger partial charge in [-0.15, -0.1) is 0 Å². The van der Waals surface area contributed by atoms with Crippen LogP contribution in [0.2, 0.25) is 0 Å². The molecule has 51 heavy (non-hydrogen) atoms. The zero-order valence-electron chi connectivity index (χ0n) is 30.1. The Labute approximate surface area is 297 Å². The van der Waals surface area contributed by atoms with E-state index in [1.54, 1.807) is 26.2 Å². The molecule has 4 amide bonds. The Morgan fingerprint density at radius 2 is 1.10 bits per heavy atom. The van der Waals surface area contributed by atoms with E-state index in [2.05, 4.69) is 31.2 Å². The quantitative estimate of drug-likeness (QED) is 0.0823. The number of nitrogens with two attached hydrogens (primary N) is 1. The maximum absolute atomic E-state index is 13.9. The molecule has 0 saturated heterocycles. The van der Waals surface area contributed by atoms with Gasteiger partial charge in [0.2, 0.25) is 23.6 Å². The van der Waals surface area contributed by atoms with E-state index in [0.717, 1.165) is 32.9 Å². The fourth-order valence-corrected chi connectivity index (χ4v) is 6.05. The summed E-state index contributed by atoms with van der Waals surface area (Å²) < 4.78 is 0. The van der Waals surface area contributed by atoms with Crippen LogP contribution in [0.4, 0.5) is 0 Å². The molecule has 0 spiro atoms. The Bertz CT molecular complexity index is 1840. The molecule has 13 heteroatoms. The van der Waals surface area contributed by atoms with E-state index in [9.17, 15) is 29.1 Å². The van der Waals surface area contributed by atoms with Crippen molar-refractivity contribution in [3.05, 3.63) is 72.1 Å². The summed E-state index contributed by atoms with van der Waals surface area (Å²) in [4.78, 5) is 73.0. The number of rotatable bonds is 17. The second-order valence-electron chi connectivity index (χ2n) is 14.3. The first-order chi connectivity index (χ1) is 24.2. The van der Waals surface area contributed by atoms with Gasteiger partial charge in [0.25, 0.3) is 0 Å². The van der Waals surface area contributed by atoms with E-state index in [1.165, 1.54) is 0 Å². The van der Waals surface area contributed by atoms with Gasteiger partial charge in [0.15, 0.2) is 0 Å². The topological polar surface area (TPSA) is 211 Å². The standard InChI is InChI=1S/C38H51N7O6/c1-20(2)15-29(42-34(46)30(43-36(48)32(39)21(3)4)16-23-18-40-27-13-9-7-11-25(23)27)35(47)45-33(22(5)6)37(49)44-31(38(50)51)17-24-19-41-28-14-10-8-12-26(24)28/h7-14,18-22,29-33,40-41H,15-17,39H2,1-6H3,(H,42,46)(H,43,48)(H,44,49)(H,45,47)(H,50,51)/t29-,30+,31-,32-,33+/m1/s1. The van der Waals surface area contributed by atoms with Gasteiger partial charge in [0.05, 0.1) is 6.04 Å². The summed E-state index contributed by atoms with van der Waals surface area (Å²) in [5.74, 6) is -4.18. The number of fused-ring (bicyclic) bond motifs is 2. The lowest BCUT2D eigenvalue weighted by Gasteiger charge is -2.28. The molecule has 13 nitrogen and oxygen atoms in total. The number of benzene rings is 2. The van der Waals surface area contributed by atoms with Crippen molar-refractivity contribution < 1.29 is 29.1 Å². The minimum atomic E-state index is -1.26. The zero-order chi connectivity index (χ0) is 37.4. The Balaban J connectivity index is 1.52. The highest BCUT2D eigenvalue weighted by atomic mass is 16.4. The molecule has 4 aromatic rings. The predicted octanol–water partition coefficient (Wildman–Crippen LogP) is 3.14. The van der Waals surface area contributed by atoms with Crippen molar-refractivity contribution in [2.24, 2.45) is 23.5 Å². The summed E-state index contributed by atoms with van der Waals surface area (Å²) in [6.07, 6.45) is 3.90. The molecule has 2 aromatic heterocycles. The Hall–Kier alpha value is -5.17. The maximum Gasteiger partial charge on any atom is 0.326 e. The van der Waals surface area contributed by atoms with Gasteiger partial charge in [0.1, 0.15) is 24.2 Å². The summed E-state index contributed by atoms with van der Waals surface area (Å²) in [7, 11) is 0. The van der Waals surface area contributed by atoms with Gasteiger partial charge in [-0.05, 0) is 47.4 Å². The number of aromatic amines is 2. The van der Waals surface area contributed by atoms with Crippen molar-refractivity contribution in [3.63, 3.8) is 0 Å². The third kappa shape index (κ3) is 9.97. The van der Waals surface area contributed by atoms with E-state index in [-0.39, 0.29) is 31.1 Å². The molecule has 2 aromatic carbocycles. The summed E-state index contributed by atoms with van der Waals surface area (Å²) in [6.45, 7) is 10.9. The number of carbonyl (C=O) groups is 5. The smallest absolute Gasteiger partial charge is 0.326 e. The van der Waals surface area contributed by atoms with Crippen LogP contribution in [0.15, 0.2) is 60.9 Å². The minimum Gasteiger partial charge on any atom is -0.480 e. The number of carboxylic acids is 1. The molecule has 0 saturated carbocycles. The summed E-state index contributed by atoms with van der Waals surface area (Å²) >= 11 is 0. The normalized spacial score (nSPS) is 14.6. The number of aromatic nitrogens is 2. The van der Waals surface area contributed by atoms with Crippen LogP contribution in [0.1, 0.15) is 59.1 Å². The first kappa shape index (κ1) is 38.6. The molecule has 9 N–H and O–H groups in total. The van der Waals surface area contributed by atoms with Crippen LogP contribution in [0, 0.1) is 17.8 Å². The number of para-hydroxylation sites is 2. The van der Waals surface area contributed by atoms with Crippen LogP contribution < -0.4 is 27.0 Å². The van der Waals surface area contributed by atoms with Gasteiger partial charge in [-0.2, -0.15) is 0 Å². The van der Waals surface area contributed by atoms with Crippen molar-refractivity contribution in [1.82, 2.24) is 31.2 Å². The Morgan fingerprint density at radius 3 is 1.59 bits per heavy atom. The highest BCUT2D eigenvalue weighted by molar-refractivity contribution is 5.96. The Kier molecular flexibility index (Phi) is 13.0. The monoisotopic (exact) mass is 701 g/mol. The minimum absolute atomic E-state index is 0.0277. The molecule has 0 aliphatic carbocycles. The predicted molar refractivity (Wildman–Crippen MR) is 196 cm³/mol. The third-order valence-electron chi connectivity index (χ3n) is 9.05. The van der Waals surface area contributed by atoms with Gasteiger partial charge >= 0.3 is 5.97 Å². The first-order valence-corrected chi connectivity index (χ1v) is 17.5. The number of nitrogens with one attached hydrogen (secondary N) is 6. The SMILES string of the molecule is CC(C)C[C@@H](NC(=O)[C@H](Cc1c[nH]c2ccccc12)NC(=O)[C@H](N)C(C)C)C(=O)N[C@H](C(=O)N[C@H](Cc1c[nH]c2ccccc12)C(=O)O)C(C)C. The van der Waals surface area contributed by atoms with Crippen LogP contribution in [-0.2, 0) is 36.8 Å². The van der Waals surface area contributed by atoms with E-state index >= 15 is 0 Å². The second-order valence-corrected chi connectivity index (χ2v) is 14.3. The number of aliphatic carboxylic acids is 1. The summed E-state index contributed by atoms with van der Waals surface area (Å²) in [5, 5.41) is 22.7. The molecule has 2 heterocycles.